The Balaban J connectivity index is 2.18. The second-order valence-corrected chi connectivity index (χ2v) is 4.96. The van der Waals surface area contributed by atoms with E-state index >= 15 is 0 Å². The quantitative estimate of drug-likeness (QED) is 0.853. The van der Waals surface area contributed by atoms with Gasteiger partial charge in [-0.05, 0) is 18.8 Å². The van der Waals surface area contributed by atoms with Crippen molar-refractivity contribution in [1.82, 2.24) is 15.0 Å². The van der Waals surface area contributed by atoms with Gasteiger partial charge in [-0.1, -0.05) is 19.1 Å². The molecule has 6 nitrogen and oxygen atoms in total. The zero-order valence-electron chi connectivity index (χ0n) is 10.8. The maximum atomic E-state index is 10.8. The molecule has 0 bridgehead atoms. The van der Waals surface area contributed by atoms with Gasteiger partial charge in [0.1, 0.15) is 0 Å². The number of rotatable bonds is 5. The third-order valence-electron chi connectivity index (χ3n) is 3.11. The monoisotopic (exact) mass is 253 g/mol. The molecule has 18 heavy (non-hydrogen) atoms. The van der Waals surface area contributed by atoms with E-state index in [1.54, 1.807) is 4.68 Å². The first-order valence-electron chi connectivity index (χ1n) is 6.33. The van der Waals surface area contributed by atoms with Gasteiger partial charge in [-0.15, -0.1) is 5.10 Å². The fourth-order valence-corrected chi connectivity index (χ4v) is 2.37. The summed E-state index contributed by atoms with van der Waals surface area (Å²) in [5.41, 5.74) is 1.48. The van der Waals surface area contributed by atoms with Crippen molar-refractivity contribution in [1.29, 1.82) is 0 Å². The molecule has 1 aromatic rings. The van der Waals surface area contributed by atoms with E-state index in [-0.39, 0.29) is 18.4 Å². The summed E-state index contributed by atoms with van der Waals surface area (Å²) in [4.78, 5) is 10.8. The summed E-state index contributed by atoms with van der Waals surface area (Å²) in [6.07, 6.45) is 2.23. The van der Waals surface area contributed by atoms with Crippen molar-refractivity contribution in [3.8, 4) is 0 Å². The third kappa shape index (κ3) is 2.87. The van der Waals surface area contributed by atoms with E-state index in [2.05, 4.69) is 10.3 Å². The van der Waals surface area contributed by atoms with Crippen molar-refractivity contribution in [3.05, 3.63) is 11.4 Å². The van der Waals surface area contributed by atoms with Crippen LogP contribution in [0.4, 0.5) is 0 Å². The molecule has 1 aromatic heterocycles. The molecular formula is C12H19N3O3. The molecule has 0 radical (unpaired) electrons. The van der Waals surface area contributed by atoms with Gasteiger partial charge in [0.2, 0.25) is 0 Å². The van der Waals surface area contributed by atoms with Crippen LogP contribution in [0.2, 0.25) is 0 Å². The van der Waals surface area contributed by atoms with Gasteiger partial charge in [0.15, 0.2) is 0 Å². The van der Waals surface area contributed by atoms with Gasteiger partial charge in [-0.3, -0.25) is 4.79 Å². The van der Waals surface area contributed by atoms with Crippen LogP contribution in [0.15, 0.2) is 0 Å². The molecule has 0 saturated carbocycles. The highest BCUT2D eigenvalue weighted by atomic mass is 16.5. The number of carboxylic acid groups (broad SMARTS) is 1. The summed E-state index contributed by atoms with van der Waals surface area (Å²) >= 11 is 0. The molecule has 1 aliphatic heterocycles. The number of carbonyl (C=O) groups is 1. The van der Waals surface area contributed by atoms with Crippen LogP contribution in [0, 0.1) is 0 Å². The summed E-state index contributed by atoms with van der Waals surface area (Å²) < 4.78 is 7.38. The smallest absolute Gasteiger partial charge is 0.309 e. The normalized spacial score (nSPS) is 19.6. The van der Waals surface area contributed by atoms with Crippen LogP contribution in [-0.4, -0.2) is 38.8 Å². The lowest BCUT2D eigenvalue weighted by Gasteiger charge is -2.14. The molecule has 0 aliphatic carbocycles. The largest absolute Gasteiger partial charge is 0.481 e. The Kier molecular flexibility index (Phi) is 3.96. The molecule has 1 unspecified atom stereocenters. The summed E-state index contributed by atoms with van der Waals surface area (Å²) in [6, 6.07) is 0. The summed E-state index contributed by atoms with van der Waals surface area (Å²) in [6.45, 7) is 5.52. The van der Waals surface area contributed by atoms with Crippen molar-refractivity contribution in [3.63, 3.8) is 0 Å². The molecule has 1 atom stereocenters. The number of aliphatic carboxylic acids is 1. The van der Waals surface area contributed by atoms with Crippen LogP contribution in [0.1, 0.15) is 44.0 Å². The van der Waals surface area contributed by atoms with Crippen LogP contribution in [0.3, 0.4) is 0 Å². The summed E-state index contributed by atoms with van der Waals surface area (Å²) in [5, 5.41) is 16.9. The molecule has 2 heterocycles. The Morgan fingerprint density at radius 2 is 2.39 bits per heavy atom. The van der Waals surface area contributed by atoms with E-state index in [1.807, 2.05) is 13.8 Å². The molecule has 1 N–H and O–H groups in total. The predicted octanol–water partition coefficient (Wildman–Crippen LogP) is 1.21. The van der Waals surface area contributed by atoms with Crippen LogP contribution < -0.4 is 0 Å². The Morgan fingerprint density at radius 1 is 1.61 bits per heavy atom. The Bertz CT molecular complexity index is 422. The molecular weight excluding hydrogens is 234 g/mol. The van der Waals surface area contributed by atoms with Gasteiger partial charge in [0.05, 0.1) is 30.5 Å². The van der Waals surface area contributed by atoms with E-state index in [0.717, 1.165) is 25.1 Å². The first-order chi connectivity index (χ1) is 8.58. The average molecular weight is 253 g/mol. The first-order valence-corrected chi connectivity index (χ1v) is 6.33. The minimum atomic E-state index is -0.874. The number of carboxylic acids is 1. The molecule has 6 heteroatoms. The van der Waals surface area contributed by atoms with Crippen LogP contribution in [0.5, 0.6) is 0 Å². The second-order valence-electron chi connectivity index (χ2n) is 4.96. The van der Waals surface area contributed by atoms with Crippen molar-refractivity contribution in [2.24, 2.45) is 0 Å². The van der Waals surface area contributed by atoms with Crippen molar-refractivity contribution in [2.45, 2.75) is 51.7 Å². The van der Waals surface area contributed by atoms with E-state index in [1.165, 1.54) is 0 Å². The topological polar surface area (TPSA) is 77.2 Å². The van der Waals surface area contributed by atoms with Gasteiger partial charge >= 0.3 is 5.97 Å². The fourth-order valence-electron chi connectivity index (χ4n) is 2.37. The zero-order valence-corrected chi connectivity index (χ0v) is 10.8. The zero-order chi connectivity index (χ0) is 13.1. The van der Waals surface area contributed by atoms with E-state index in [0.29, 0.717) is 12.2 Å². The number of hydrogen-bond acceptors (Lipinski definition) is 4. The van der Waals surface area contributed by atoms with Crippen molar-refractivity contribution < 1.29 is 14.6 Å². The molecule has 100 valence electrons. The lowest BCUT2D eigenvalue weighted by molar-refractivity contribution is -0.136. The van der Waals surface area contributed by atoms with Gasteiger partial charge in [0, 0.05) is 6.61 Å². The summed E-state index contributed by atoms with van der Waals surface area (Å²) in [7, 11) is 0. The van der Waals surface area contributed by atoms with Gasteiger partial charge in [0.25, 0.3) is 0 Å². The van der Waals surface area contributed by atoms with Crippen LogP contribution in [-0.2, 0) is 22.5 Å². The molecule has 1 saturated heterocycles. The predicted molar refractivity (Wildman–Crippen MR) is 64.4 cm³/mol. The van der Waals surface area contributed by atoms with Gasteiger partial charge in [-0.2, -0.15) is 0 Å². The van der Waals surface area contributed by atoms with Crippen molar-refractivity contribution >= 4 is 5.97 Å². The van der Waals surface area contributed by atoms with E-state index < -0.39 is 5.97 Å². The average Bonchev–Trinajstić information content (AvgIpc) is 2.88. The van der Waals surface area contributed by atoms with Crippen LogP contribution >= 0.6 is 0 Å². The molecule has 1 aliphatic rings. The summed E-state index contributed by atoms with van der Waals surface area (Å²) in [5.74, 6) is -0.670. The minimum Gasteiger partial charge on any atom is -0.481 e. The lowest BCUT2D eigenvalue weighted by Crippen LogP contribution is -2.19. The Morgan fingerprint density at radius 3 is 2.94 bits per heavy atom. The number of nitrogens with zero attached hydrogens (tertiary/aromatic N) is 3. The fraction of sp³-hybridized carbons (Fsp3) is 0.750. The minimum absolute atomic E-state index is 0.0704. The van der Waals surface area contributed by atoms with Gasteiger partial charge in [-0.25, -0.2) is 4.68 Å². The molecule has 1 fully saturated rings. The van der Waals surface area contributed by atoms with Crippen LogP contribution in [0.25, 0.3) is 0 Å². The number of aromatic nitrogens is 3. The molecule has 0 aromatic carbocycles. The number of hydrogen-bond donors (Lipinski definition) is 1. The second kappa shape index (κ2) is 5.48. The molecule has 2 rings (SSSR count). The van der Waals surface area contributed by atoms with Crippen molar-refractivity contribution in [2.75, 3.05) is 6.61 Å². The lowest BCUT2D eigenvalue weighted by atomic mass is 10.1. The Hall–Kier alpha value is -1.43. The van der Waals surface area contributed by atoms with E-state index in [9.17, 15) is 4.79 Å². The maximum Gasteiger partial charge on any atom is 0.309 e. The SMILES string of the molecule is CC(C)c1c(CC(=O)O)nnn1CC1CCCO1. The van der Waals surface area contributed by atoms with E-state index in [4.69, 9.17) is 9.84 Å². The number of ether oxygens (including phenoxy) is 1. The molecule has 0 spiro atoms. The highest BCUT2D eigenvalue weighted by Gasteiger charge is 2.22. The molecule has 0 amide bonds. The third-order valence-corrected chi connectivity index (χ3v) is 3.11. The maximum absolute atomic E-state index is 10.8. The highest BCUT2D eigenvalue weighted by Crippen LogP contribution is 2.21. The van der Waals surface area contributed by atoms with Gasteiger partial charge < -0.3 is 9.84 Å². The Labute approximate surface area is 106 Å². The standard InChI is InChI=1S/C12H19N3O3/c1-8(2)12-10(6-11(16)17)13-14-15(12)7-9-4-3-5-18-9/h8-9H,3-7H2,1-2H3,(H,16,17). The first kappa shape index (κ1) is 13.0. The highest BCUT2D eigenvalue weighted by molar-refractivity contribution is 5.69.